The summed E-state index contributed by atoms with van der Waals surface area (Å²) in [5.41, 5.74) is 0.269. The van der Waals surface area contributed by atoms with Crippen molar-refractivity contribution in [1.29, 1.82) is 0 Å². The molecule has 0 saturated carbocycles. The largest absolute Gasteiger partial charge is 0.444 e. The second kappa shape index (κ2) is 11.5. The second-order valence-electron chi connectivity index (χ2n) is 6.06. The zero-order chi connectivity index (χ0) is 18.2. The van der Waals surface area contributed by atoms with Crippen molar-refractivity contribution in [2.45, 2.75) is 32.9 Å². The number of ether oxygens (including phenoxy) is 1. The molecule has 142 valence electrons. The van der Waals surface area contributed by atoms with Gasteiger partial charge >= 0.3 is 6.09 Å². The number of nitrogens with zero attached hydrogens (tertiary/aromatic N) is 1. The molecule has 6 nitrogen and oxygen atoms in total. The second-order valence-corrected chi connectivity index (χ2v) is 6.97. The molecule has 0 bridgehead atoms. The third-order valence-corrected chi connectivity index (χ3v) is 3.15. The highest BCUT2D eigenvalue weighted by molar-refractivity contribution is 14.0. The van der Waals surface area contributed by atoms with Crippen LogP contribution in [0.1, 0.15) is 26.3 Å². The molecular formula is C16H25BrFIN4O2. The van der Waals surface area contributed by atoms with Crippen molar-refractivity contribution in [2.75, 3.05) is 20.1 Å². The molecule has 0 spiro atoms. The molecule has 0 radical (unpaired) electrons. The van der Waals surface area contributed by atoms with Crippen molar-refractivity contribution in [3.05, 3.63) is 34.1 Å². The summed E-state index contributed by atoms with van der Waals surface area (Å²) in [5, 5.41) is 8.77. The van der Waals surface area contributed by atoms with Crippen molar-refractivity contribution < 1.29 is 13.9 Å². The molecule has 3 N–H and O–H groups in total. The number of rotatable bonds is 5. The standard InChI is InChI=1S/C16H24BrFN4O2.HI/c1-16(2,3)24-15(23)21-6-5-20-14(19-4)22-10-11-7-12(17)9-13(18)8-11;/h7-9H,5-6,10H2,1-4H3,(H,21,23)(H2,19,20,22);1H. The normalized spacial score (nSPS) is 11.4. The lowest BCUT2D eigenvalue weighted by Gasteiger charge is -2.20. The van der Waals surface area contributed by atoms with Crippen LogP contribution in [0.5, 0.6) is 0 Å². The van der Waals surface area contributed by atoms with Crippen LogP contribution in [-0.2, 0) is 11.3 Å². The zero-order valence-corrected chi connectivity index (χ0v) is 18.7. The van der Waals surface area contributed by atoms with Gasteiger partial charge in [-0.3, -0.25) is 4.99 Å². The van der Waals surface area contributed by atoms with Gasteiger partial charge in [0.15, 0.2) is 5.96 Å². The summed E-state index contributed by atoms with van der Waals surface area (Å²) in [5.74, 6) is 0.257. The molecule has 0 atom stereocenters. The summed E-state index contributed by atoms with van der Waals surface area (Å²) < 4.78 is 19.1. The van der Waals surface area contributed by atoms with Gasteiger partial charge in [0.2, 0.25) is 0 Å². The first kappa shape index (κ1) is 23.9. The molecular weight excluding hydrogens is 506 g/mol. The third-order valence-electron chi connectivity index (χ3n) is 2.69. The van der Waals surface area contributed by atoms with Crippen molar-refractivity contribution in [2.24, 2.45) is 4.99 Å². The van der Waals surface area contributed by atoms with E-state index in [1.807, 2.05) is 6.07 Å². The molecule has 0 aliphatic rings. The molecule has 25 heavy (non-hydrogen) atoms. The van der Waals surface area contributed by atoms with Gasteiger partial charge in [-0.1, -0.05) is 15.9 Å². The Morgan fingerprint density at radius 2 is 1.84 bits per heavy atom. The van der Waals surface area contributed by atoms with Crippen LogP contribution >= 0.6 is 39.9 Å². The number of benzene rings is 1. The SMILES string of the molecule is CN=C(NCCNC(=O)OC(C)(C)C)NCc1cc(F)cc(Br)c1.I. The summed E-state index contributed by atoms with van der Waals surface area (Å²) in [6.07, 6.45) is -0.461. The van der Waals surface area contributed by atoms with Crippen LogP contribution in [-0.4, -0.2) is 37.8 Å². The number of carbonyl (C=O) groups is 1. The quantitative estimate of drug-likeness (QED) is 0.236. The monoisotopic (exact) mass is 530 g/mol. The number of alkyl carbamates (subject to hydrolysis) is 1. The smallest absolute Gasteiger partial charge is 0.407 e. The Morgan fingerprint density at radius 3 is 2.40 bits per heavy atom. The average molecular weight is 531 g/mol. The minimum atomic E-state index is -0.520. The Morgan fingerprint density at radius 1 is 1.20 bits per heavy atom. The Balaban J connectivity index is 0.00000576. The van der Waals surface area contributed by atoms with Crippen LogP contribution in [0.3, 0.4) is 0 Å². The molecule has 0 saturated heterocycles. The number of guanidine groups is 1. The van der Waals surface area contributed by atoms with Gasteiger partial charge in [-0.05, 0) is 44.5 Å². The molecule has 1 amide bonds. The zero-order valence-electron chi connectivity index (χ0n) is 14.8. The van der Waals surface area contributed by atoms with Crippen LogP contribution in [0.2, 0.25) is 0 Å². The minimum Gasteiger partial charge on any atom is -0.444 e. The summed E-state index contributed by atoms with van der Waals surface area (Å²) in [6.45, 7) is 6.71. The number of aliphatic imine (C=N–C) groups is 1. The van der Waals surface area contributed by atoms with E-state index in [1.165, 1.54) is 12.1 Å². The predicted molar refractivity (Wildman–Crippen MR) is 112 cm³/mol. The van der Waals surface area contributed by atoms with Crippen LogP contribution in [0.15, 0.2) is 27.7 Å². The highest BCUT2D eigenvalue weighted by Crippen LogP contribution is 2.14. The summed E-state index contributed by atoms with van der Waals surface area (Å²) in [6, 6.07) is 4.68. The van der Waals surface area contributed by atoms with E-state index >= 15 is 0 Å². The van der Waals surface area contributed by atoms with Gasteiger partial charge in [-0.25, -0.2) is 9.18 Å². The van der Waals surface area contributed by atoms with E-state index in [9.17, 15) is 9.18 Å². The van der Waals surface area contributed by atoms with E-state index in [1.54, 1.807) is 27.8 Å². The number of hydrogen-bond donors (Lipinski definition) is 3. The van der Waals surface area contributed by atoms with Crippen molar-refractivity contribution in [3.63, 3.8) is 0 Å². The molecule has 1 aromatic carbocycles. The lowest BCUT2D eigenvalue weighted by molar-refractivity contribution is 0.0529. The molecule has 0 fully saturated rings. The lowest BCUT2D eigenvalue weighted by atomic mass is 10.2. The number of hydrogen-bond acceptors (Lipinski definition) is 3. The molecule has 0 aliphatic heterocycles. The van der Waals surface area contributed by atoms with Gasteiger partial charge in [0.1, 0.15) is 11.4 Å². The number of carbonyl (C=O) groups excluding carboxylic acids is 1. The fourth-order valence-electron chi connectivity index (χ4n) is 1.78. The molecule has 0 unspecified atom stereocenters. The minimum absolute atomic E-state index is 0. The lowest BCUT2D eigenvalue weighted by Crippen LogP contribution is -2.42. The van der Waals surface area contributed by atoms with Gasteiger partial charge < -0.3 is 20.7 Å². The van der Waals surface area contributed by atoms with E-state index in [-0.39, 0.29) is 29.8 Å². The van der Waals surface area contributed by atoms with Crippen LogP contribution in [0.25, 0.3) is 0 Å². The van der Waals surface area contributed by atoms with E-state index in [0.29, 0.717) is 30.1 Å². The van der Waals surface area contributed by atoms with Crippen LogP contribution < -0.4 is 16.0 Å². The first-order chi connectivity index (χ1) is 11.2. The Hall–Kier alpha value is -1.10. The van der Waals surface area contributed by atoms with E-state index in [2.05, 4.69) is 36.9 Å². The first-order valence-corrected chi connectivity index (χ1v) is 8.35. The van der Waals surface area contributed by atoms with Crippen LogP contribution in [0.4, 0.5) is 9.18 Å². The maximum absolute atomic E-state index is 13.3. The maximum Gasteiger partial charge on any atom is 0.407 e. The van der Waals surface area contributed by atoms with E-state index < -0.39 is 11.7 Å². The van der Waals surface area contributed by atoms with Gasteiger partial charge in [0.25, 0.3) is 0 Å². The van der Waals surface area contributed by atoms with E-state index in [4.69, 9.17) is 4.74 Å². The van der Waals surface area contributed by atoms with Crippen LogP contribution in [0, 0.1) is 5.82 Å². The summed E-state index contributed by atoms with van der Waals surface area (Å²) in [7, 11) is 1.64. The van der Waals surface area contributed by atoms with E-state index in [0.717, 1.165) is 5.56 Å². The molecule has 1 rings (SSSR count). The van der Waals surface area contributed by atoms with Gasteiger partial charge in [-0.2, -0.15) is 0 Å². The fraction of sp³-hybridized carbons (Fsp3) is 0.500. The van der Waals surface area contributed by atoms with Crippen molar-refractivity contribution in [1.82, 2.24) is 16.0 Å². The molecule has 9 heteroatoms. The Kier molecular flexibility index (Phi) is 11.0. The predicted octanol–water partition coefficient (Wildman–Crippen LogP) is 3.40. The highest BCUT2D eigenvalue weighted by Gasteiger charge is 2.15. The summed E-state index contributed by atoms with van der Waals surface area (Å²) in [4.78, 5) is 15.6. The highest BCUT2D eigenvalue weighted by atomic mass is 127. The summed E-state index contributed by atoms with van der Waals surface area (Å²) >= 11 is 3.26. The Bertz CT molecular complexity index is 574. The molecule has 0 heterocycles. The number of amides is 1. The first-order valence-electron chi connectivity index (χ1n) is 7.56. The average Bonchev–Trinajstić information content (AvgIpc) is 2.43. The topological polar surface area (TPSA) is 74.8 Å². The number of nitrogens with one attached hydrogen (secondary N) is 3. The molecule has 0 aliphatic carbocycles. The van der Waals surface area contributed by atoms with Gasteiger partial charge in [-0.15, -0.1) is 24.0 Å². The van der Waals surface area contributed by atoms with Crippen molar-refractivity contribution in [3.8, 4) is 0 Å². The Labute approximate surface area is 173 Å². The van der Waals surface area contributed by atoms with Gasteiger partial charge in [0, 0.05) is 31.2 Å². The fourth-order valence-corrected chi connectivity index (χ4v) is 2.29. The van der Waals surface area contributed by atoms with Crippen molar-refractivity contribution >= 4 is 52.0 Å². The van der Waals surface area contributed by atoms with Gasteiger partial charge in [0.05, 0.1) is 0 Å². The number of halogens is 3. The third kappa shape index (κ3) is 11.2. The molecule has 1 aromatic rings. The molecule has 0 aromatic heterocycles. The maximum atomic E-state index is 13.3.